The number of nitrogens with zero attached hydrogens (tertiary/aromatic N) is 2. The van der Waals surface area contributed by atoms with Gasteiger partial charge in [0.1, 0.15) is 6.07 Å². The van der Waals surface area contributed by atoms with Gasteiger partial charge in [0.25, 0.3) is 5.91 Å². The summed E-state index contributed by atoms with van der Waals surface area (Å²) < 4.78 is 0. The largest absolute Gasteiger partial charge is 0.323 e. The molecule has 20 heavy (non-hydrogen) atoms. The van der Waals surface area contributed by atoms with E-state index in [4.69, 9.17) is 11.1 Å². The van der Waals surface area contributed by atoms with Crippen LogP contribution in [0.5, 0.6) is 0 Å². The molecule has 0 radical (unpaired) electrons. The molecule has 0 bridgehead atoms. The summed E-state index contributed by atoms with van der Waals surface area (Å²) in [5.41, 5.74) is 4.90. The quantitative estimate of drug-likeness (QED) is 0.581. The van der Waals surface area contributed by atoms with E-state index in [0.717, 1.165) is 5.56 Å². The number of amides is 1. The lowest BCUT2D eigenvalue weighted by Crippen LogP contribution is -2.18. The molecule has 6 nitrogen and oxygen atoms in total. The number of nitrogen functional groups attached to an aromatic ring is 1. The van der Waals surface area contributed by atoms with E-state index >= 15 is 0 Å². The number of nitriles is 1. The highest BCUT2D eigenvalue weighted by atomic mass is 16.1. The molecule has 2 rings (SSSR count). The Balaban J connectivity index is 2.34. The molecule has 1 heterocycles. The van der Waals surface area contributed by atoms with Gasteiger partial charge in [-0.1, -0.05) is 12.1 Å². The van der Waals surface area contributed by atoms with Gasteiger partial charge in [0.2, 0.25) is 0 Å². The summed E-state index contributed by atoms with van der Waals surface area (Å²) >= 11 is 0. The summed E-state index contributed by atoms with van der Waals surface area (Å²) in [5, 5.41) is 11.8. The topological polar surface area (TPSA) is 104 Å². The third kappa shape index (κ3) is 2.58. The van der Waals surface area contributed by atoms with Crippen LogP contribution in [0, 0.1) is 18.3 Å². The first-order chi connectivity index (χ1) is 9.67. The van der Waals surface area contributed by atoms with Crippen molar-refractivity contribution in [2.75, 3.05) is 10.7 Å². The van der Waals surface area contributed by atoms with Crippen molar-refractivity contribution in [3.63, 3.8) is 0 Å². The van der Waals surface area contributed by atoms with Gasteiger partial charge in [-0.2, -0.15) is 5.26 Å². The predicted octanol–water partition coefficient (Wildman–Crippen LogP) is 1.80. The number of hydrogen-bond donors (Lipinski definition) is 3. The van der Waals surface area contributed by atoms with Gasteiger partial charge in [0.05, 0.1) is 22.5 Å². The second-order valence-electron chi connectivity index (χ2n) is 4.13. The normalized spacial score (nSPS) is 9.65. The standard InChI is InChI=1S/C14H13N5O/c1-9-3-2-4-12(10(9)7-15)18-14(20)11-8-17-6-5-13(11)19-16/h2-6,8H,16H2,1H3,(H,17,19)(H,18,20). The third-order valence-corrected chi connectivity index (χ3v) is 2.85. The number of hydrogen-bond acceptors (Lipinski definition) is 5. The molecule has 0 aliphatic rings. The van der Waals surface area contributed by atoms with Gasteiger partial charge in [0.15, 0.2) is 0 Å². The predicted molar refractivity (Wildman–Crippen MR) is 75.9 cm³/mol. The number of aryl methyl sites for hydroxylation is 1. The van der Waals surface area contributed by atoms with Crippen molar-refractivity contribution in [1.82, 2.24) is 4.98 Å². The number of carbonyl (C=O) groups is 1. The van der Waals surface area contributed by atoms with Crippen molar-refractivity contribution >= 4 is 17.3 Å². The smallest absolute Gasteiger partial charge is 0.259 e. The second kappa shape index (κ2) is 5.82. The van der Waals surface area contributed by atoms with Gasteiger partial charge >= 0.3 is 0 Å². The maximum Gasteiger partial charge on any atom is 0.259 e. The summed E-state index contributed by atoms with van der Waals surface area (Å²) in [4.78, 5) is 16.1. The Bertz CT molecular complexity index is 690. The minimum atomic E-state index is -0.381. The highest BCUT2D eigenvalue weighted by Crippen LogP contribution is 2.20. The molecular formula is C14H13N5O. The van der Waals surface area contributed by atoms with Crippen LogP contribution in [-0.4, -0.2) is 10.9 Å². The van der Waals surface area contributed by atoms with Crippen molar-refractivity contribution < 1.29 is 4.79 Å². The van der Waals surface area contributed by atoms with Crippen molar-refractivity contribution in [3.05, 3.63) is 53.3 Å². The van der Waals surface area contributed by atoms with Crippen LogP contribution in [0.2, 0.25) is 0 Å². The zero-order chi connectivity index (χ0) is 14.5. The number of nitrogens with one attached hydrogen (secondary N) is 2. The summed E-state index contributed by atoms with van der Waals surface area (Å²) in [6.45, 7) is 1.81. The molecule has 100 valence electrons. The third-order valence-electron chi connectivity index (χ3n) is 2.85. The summed E-state index contributed by atoms with van der Waals surface area (Å²) in [5.74, 6) is 4.97. The number of aromatic nitrogens is 1. The molecule has 0 unspecified atom stereocenters. The Morgan fingerprint density at radius 1 is 1.35 bits per heavy atom. The fraction of sp³-hybridized carbons (Fsp3) is 0.0714. The number of pyridine rings is 1. The zero-order valence-corrected chi connectivity index (χ0v) is 10.8. The fourth-order valence-corrected chi connectivity index (χ4v) is 1.81. The molecule has 1 aromatic carbocycles. The average molecular weight is 267 g/mol. The number of hydrazine groups is 1. The number of carbonyl (C=O) groups excluding carboxylic acids is 1. The van der Waals surface area contributed by atoms with E-state index in [0.29, 0.717) is 22.5 Å². The average Bonchev–Trinajstić information content (AvgIpc) is 2.47. The first-order valence-electron chi connectivity index (χ1n) is 5.89. The maximum absolute atomic E-state index is 12.2. The Kier molecular flexibility index (Phi) is 3.93. The van der Waals surface area contributed by atoms with Crippen LogP contribution in [-0.2, 0) is 0 Å². The Labute approximate surface area is 116 Å². The summed E-state index contributed by atoms with van der Waals surface area (Å²) in [7, 11) is 0. The lowest BCUT2D eigenvalue weighted by molar-refractivity contribution is 0.102. The van der Waals surface area contributed by atoms with Gasteiger partial charge in [0, 0.05) is 12.4 Å². The van der Waals surface area contributed by atoms with E-state index in [1.54, 1.807) is 18.2 Å². The molecule has 0 aliphatic carbocycles. The van der Waals surface area contributed by atoms with Crippen LogP contribution in [0.25, 0.3) is 0 Å². The van der Waals surface area contributed by atoms with Crippen LogP contribution >= 0.6 is 0 Å². The van der Waals surface area contributed by atoms with Crippen LogP contribution in [0.15, 0.2) is 36.7 Å². The molecule has 0 saturated carbocycles. The highest BCUT2D eigenvalue weighted by Gasteiger charge is 2.13. The minimum absolute atomic E-state index is 0.306. The summed E-state index contributed by atoms with van der Waals surface area (Å²) in [6.07, 6.45) is 2.94. The Morgan fingerprint density at radius 2 is 2.15 bits per heavy atom. The molecule has 2 aromatic rings. The van der Waals surface area contributed by atoms with Crippen molar-refractivity contribution in [2.45, 2.75) is 6.92 Å². The minimum Gasteiger partial charge on any atom is -0.323 e. The van der Waals surface area contributed by atoms with Crippen LogP contribution in [0.4, 0.5) is 11.4 Å². The van der Waals surface area contributed by atoms with E-state index in [1.165, 1.54) is 12.4 Å². The van der Waals surface area contributed by atoms with Gasteiger partial charge in [-0.15, -0.1) is 0 Å². The molecule has 0 saturated heterocycles. The first-order valence-corrected chi connectivity index (χ1v) is 5.89. The molecule has 6 heteroatoms. The maximum atomic E-state index is 12.2. The summed E-state index contributed by atoms with van der Waals surface area (Å²) in [6, 6.07) is 8.93. The molecule has 0 atom stereocenters. The van der Waals surface area contributed by atoms with E-state index in [-0.39, 0.29) is 5.91 Å². The van der Waals surface area contributed by atoms with Crippen LogP contribution in [0.3, 0.4) is 0 Å². The number of benzene rings is 1. The SMILES string of the molecule is Cc1cccc(NC(=O)c2cnccc2NN)c1C#N. The highest BCUT2D eigenvalue weighted by molar-refractivity contribution is 6.08. The van der Waals surface area contributed by atoms with Crippen molar-refractivity contribution in [2.24, 2.45) is 5.84 Å². The van der Waals surface area contributed by atoms with E-state index in [1.807, 2.05) is 13.0 Å². The van der Waals surface area contributed by atoms with Crippen molar-refractivity contribution in [1.29, 1.82) is 5.26 Å². The molecule has 0 fully saturated rings. The molecule has 1 aromatic heterocycles. The zero-order valence-electron chi connectivity index (χ0n) is 10.8. The lowest BCUT2D eigenvalue weighted by Gasteiger charge is -2.11. The van der Waals surface area contributed by atoms with Gasteiger partial charge < -0.3 is 10.7 Å². The number of nitrogens with two attached hydrogens (primary N) is 1. The van der Waals surface area contributed by atoms with Crippen LogP contribution < -0.4 is 16.6 Å². The van der Waals surface area contributed by atoms with Gasteiger partial charge in [-0.3, -0.25) is 15.6 Å². The second-order valence-corrected chi connectivity index (χ2v) is 4.13. The monoisotopic (exact) mass is 267 g/mol. The molecule has 0 spiro atoms. The lowest BCUT2D eigenvalue weighted by atomic mass is 10.1. The number of anilines is 2. The first kappa shape index (κ1) is 13.5. The Hall–Kier alpha value is -2.91. The van der Waals surface area contributed by atoms with E-state index in [2.05, 4.69) is 21.8 Å². The van der Waals surface area contributed by atoms with E-state index in [9.17, 15) is 4.79 Å². The van der Waals surface area contributed by atoms with Gasteiger partial charge in [-0.05, 0) is 24.6 Å². The molecular weight excluding hydrogens is 254 g/mol. The van der Waals surface area contributed by atoms with E-state index < -0.39 is 0 Å². The fourth-order valence-electron chi connectivity index (χ4n) is 1.81. The van der Waals surface area contributed by atoms with Crippen LogP contribution in [0.1, 0.15) is 21.5 Å². The Morgan fingerprint density at radius 3 is 2.85 bits per heavy atom. The molecule has 4 N–H and O–H groups in total. The van der Waals surface area contributed by atoms with Gasteiger partial charge in [-0.25, -0.2) is 0 Å². The molecule has 0 aliphatic heterocycles. The van der Waals surface area contributed by atoms with Crippen molar-refractivity contribution in [3.8, 4) is 6.07 Å². The molecule has 1 amide bonds. The number of rotatable bonds is 3.